The minimum atomic E-state index is -0.149. The molecule has 2 aromatic heterocycles. The van der Waals surface area contributed by atoms with E-state index < -0.39 is 0 Å². The molecular weight excluding hydrogens is 444 g/mol. The molecule has 3 heterocycles. The fourth-order valence-electron chi connectivity index (χ4n) is 4.23. The molecule has 0 spiro atoms. The first-order valence-electron chi connectivity index (χ1n) is 11.5. The van der Waals surface area contributed by atoms with Crippen molar-refractivity contribution in [2.24, 2.45) is 0 Å². The van der Waals surface area contributed by atoms with Gasteiger partial charge in [-0.1, -0.05) is 0 Å². The first-order valence-corrected chi connectivity index (χ1v) is 11.5. The minimum absolute atomic E-state index is 0.149. The van der Waals surface area contributed by atoms with Crippen LogP contribution < -0.4 is 30.6 Å². The number of fused-ring (bicyclic) bond motifs is 1. The monoisotopic (exact) mass is 472 g/mol. The van der Waals surface area contributed by atoms with Gasteiger partial charge in [-0.25, -0.2) is 4.98 Å². The van der Waals surface area contributed by atoms with Gasteiger partial charge in [-0.2, -0.15) is 4.98 Å². The number of nitrogens with one attached hydrogen (secondary N) is 2. The van der Waals surface area contributed by atoms with Crippen LogP contribution in [-0.2, 0) is 6.54 Å². The lowest BCUT2D eigenvalue weighted by Gasteiger charge is -2.29. The number of anilines is 3. The van der Waals surface area contributed by atoms with Crippen molar-refractivity contribution < 1.29 is 9.47 Å². The van der Waals surface area contributed by atoms with Crippen LogP contribution in [0.15, 0.2) is 65.6 Å². The number of methoxy groups -OCH3 is 2. The standard InChI is InChI=1S/C26H28N6O3/c1-34-22-13-18(14-23(15-22)35-2)17-32-24(33)8-3-19-16-28-26(30-25(19)32)29-20-4-6-21(7-5-20)31-11-9-27-10-12-31/h3-8,13-16,27H,9-12,17H2,1-2H3,(H,28,29,30). The van der Waals surface area contributed by atoms with Gasteiger partial charge in [-0.15, -0.1) is 0 Å². The van der Waals surface area contributed by atoms with Crippen LogP contribution in [0.1, 0.15) is 5.56 Å². The summed E-state index contributed by atoms with van der Waals surface area (Å²) >= 11 is 0. The highest BCUT2D eigenvalue weighted by molar-refractivity contribution is 5.76. The summed E-state index contributed by atoms with van der Waals surface area (Å²) in [4.78, 5) is 24.3. The summed E-state index contributed by atoms with van der Waals surface area (Å²) in [5, 5.41) is 7.41. The fraction of sp³-hybridized carbons (Fsp3) is 0.269. The molecular formula is C26H28N6O3. The van der Waals surface area contributed by atoms with Gasteiger partial charge < -0.3 is 25.0 Å². The summed E-state index contributed by atoms with van der Waals surface area (Å²) in [5.74, 6) is 1.75. The molecule has 180 valence electrons. The van der Waals surface area contributed by atoms with Crippen molar-refractivity contribution in [3.8, 4) is 11.5 Å². The number of aromatic nitrogens is 3. The molecule has 9 nitrogen and oxygen atoms in total. The van der Waals surface area contributed by atoms with E-state index >= 15 is 0 Å². The molecule has 0 saturated carbocycles. The van der Waals surface area contributed by atoms with Gasteiger partial charge in [-0.3, -0.25) is 9.36 Å². The number of rotatable bonds is 7. The van der Waals surface area contributed by atoms with Crippen molar-refractivity contribution in [2.75, 3.05) is 50.6 Å². The topological polar surface area (TPSA) is 93.5 Å². The third-order valence-electron chi connectivity index (χ3n) is 6.08. The quantitative estimate of drug-likeness (QED) is 0.424. The van der Waals surface area contributed by atoms with E-state index in [1.54, 1.807) is 37.1 Å². The summed E-state index contributed by atoms with van der Waals surface area (Å²) < 4.78 is 12.4. The molecule has 0 bridgehead atoms. The third kappa shape index (κ3) is 5.04. The molecule has 0 radical (unpaired) electrons. The van der Waals surface area contributed by atoms with Crippen LogP contribution in [0.25, 0.3) is 11.0 Å². The van der Waals surface area contributed by atoms with Crippen LogP contribution in [0.3, 0.4) is 0 Å². The molecule has 9 heteroatoms. The zero-order valence-electron chi connectivity index (χ0n) is 19.8. The second-order valence-electron chi connectivity index (χ2n) is 8.36. The maximum Gasteiger partial charge on any atom is 0.252 e. The predicted molar refractivity (Wildman–Crippen MR) is 137 cm³/mol. The lowest BCUT2D eigenvalue weighted by molar-refractivity contribution is 0.393. The van der Waals surface area contributed by atoms with Crippen molar-refractivity contribution in [1.29, 1.82) is 0 Å². The number of benzene rings is 2. The maximum atomic E-state index is 12.8. The molecule has 0 amide bonds. The van der Waals surface area contributed by atoms with Crippen molar-refractivity contribution in [1.82, 2.24) is 19.9 Å². The second-order valence-corrected chi connectivity index (χ2v) is 8.36. The molecule has 5 rings (SSSR count). The van der Waals surface area contributed by atoms with Gasteiger partial charge in [-0.05, 0) is 48.0 Å². The highest BCUT2D eigenvalue weighted by atomic mass is 16.5. The number of pyridine rings is 1. The van der Waals surface area contributed by atoms with E-state index in [4.69, 9.17) is 9.47 Å². The Bertz CT molecular complexity index is 1360. The van der Waals surface area contributed by atoms with Crippen LogP contribution in [0.2, 0.25) is 0 Å². The Labute approximate surface area is 203 Å². The Kier molecular flexibility index (Phi) is 6.49. The van der Waals surface area contributed by atoms with Crippen LogP contribution >= 0.6 is 0 Å². The zero-order chi connectivity index (χ0) is 24.2. The van der Waals surface area contributed by atoms with Gasteiger partial charge in [0, 0.05) is 61.3 Å². The number of hydrogen-bond acceptors (Lipinski definition) is 8. The van der Waals surface area contributed by atoms with Gasteiger partial charge in [0.05, 0.1) is 20.8 Å². The van der Waals surface area contributed by atoms with Crippen molar-refractivity contribution in [2.45, 2.75) is 6.54 Å². The van der Waals surface area contributed by atoms with Crippen LogP contribution in [0.4, 0.5) is 17.3 Å². The molecule has 4 aromatic rings. The molecule has 1 aliphatic rings. The van der Waals surface area contributed by atoms with Crippen molar-refractivity contribution >= 4 is 28.4 Å². The van der Waals surface area contributed by atoms with E-state index in [-0.39, 0.29) is 5.56 Å². The van der Waals surface area contributed by atoms with Gasteiger partial charge in [0.2, 0.25) is 5.95 Å². The Morgan fingerprint density at radius 1 is 0.971 bits per heavy atom. The average molecular weight is 473 g/mol. The summed E-state index contributed by atoms with van der Waals surface area (Å²) in [6, 6.07) is 17.1. The molecule has 1 aliphatic heterocycles. The SMILES string of the molecule is COc1cc(Cn2c(=O)ccc3cnc(Nc4ccc(N5CCNCC5)cc4)nc32)cc(OC)c1. The van der Waals surface area contributed by atoms with E-state index in [9.17, 15) is 4.79 Å². The number of ether oxygens (including phenoxy) is 2. The highest BCUT2D eigenvalue weighted by Crippen LogP contribution is 2.24. The lowest BCUT2D eigenvalue weighted by Crippen LogP contribution is -2.43. The molecule has 35 heavy (non-hydrogen) atoms. The van der Waals surface area contributed by atoms with Crippen LogP contribution in [0.5, 0.6) is 11.5 Å². The van der Waals surface area contributed by atoms with Crippen molar-refractivity contribution in [3.63, 3.8) is 0 Å². The first-order chi connectivity index (χ1) is 17.1. The molecule has 1 saturated heterocycles. The lowest BCUT2D eigenvalue weighted by atomic mass is 10.2. The maximum absolute atomic E-state index is 12.8. The van der Waals surface area contributed by atoms with Gasteiger partial charge >= 0.3 is 0 Å². The highest BCUT2D eigenvalue weighted by Gasteiger charge is 2.12. The van der Waals surface area contributed by atoms with E-state index in [0.29, 0.717) is 29.6 Å². The second kappa shape index (κ2) is 10.0. The Balaban J connectivity index is 1.43. The summed E-state index contributed by atoms with van der Waals surface area (Å²) in [7, 11) is 3.20. The smallest absolute Gasteiger partial charge is 0.252 e. The normalized spacial score (nSPS) is 13.6. The first kappa shape index (κ1) is 22.7. The number of hydrogen-bond donors (Lipinski definition) is 2. The Morgan fingerprint density at radius 3 is 2.37 bits per heavy atom. The minimum Gasteiger partial charge on any atom is -0.497 e. The van der Waals surface area contributed by atoms with E-state index in [1.165, 1.54) is 11.8 Å². The van der Waals surface area contributed by atoms with E-state index in [2.05, 4.69) is 37.6 Å². The summed E-state index contributed by atoms with van der Waals surface area (Å²) in [6.07, 6.45) is 1.72. The average Bonchev–Trinajstić information content (AvgIpc) is 2.91. The number of nitrogens with zero attached hydrogens (tertiary/aromatic N) is 4. The summed E-state index contributed by atoms with van der Waals surface area (Å²) in [5.41, 5.74) is 3.34. The summed E-state index contributed by atoms with van der Waals surface area (Å²) in [6.45, 7) is 4.30. The van der Waals surface area contributed by atoms with Gasteiger partial charge in [0.25, 0.3) is 5.56 Å². The Hall–Kier alpha value is -4.11. The van der Waals surface area contributed by atoms with E-state index in [0.717, 1.165) is 42.8 Å². The fourth-order valence-corrected chi connectivity index (χ4v) is 4.23. The van der Waals surface area contributed by atoms with Crippen LogP contribution in [-0.4, -0.2) is 54.9 Å². The van der Waals surface area contributed by atoms with Gasteiger partial charge in [0.1, 0.15) is 17.1 Å². The third-order valence-corrected chi connectivity index (χ3v) is 6.08. The Morgan fingerprint density at radius 2 is 1.69 bits per heavy atom. The largest absolute Gasteiger partial charge is 0.497 e. The molecule has 1 fully saturated rings. The molecule has 0 aliphatic carbocycles. The van der Waals surface area contributed by atoms with Crippen molar-refractivity contribution in [3.05, 3.63) is 76.7 Å². The zero-order valence-corrected chi connectivity index (χ0v) is 19.8. The van der Waals surface area contributed by atoms with Gasteiger partial charge in [0.15, 0.2) is 0 Å². The molecule has 0 unspecified atom stereocenters. The van der Waals surface area contributed by atoms with E-state index in [1.807, 2.05) is 24.3 Å². The predicted octanol–water partition coefficient (Wildman–Crippen LogP) is 3.01. The van der Waals surface area contributed by atoms with Crippen LogP contribution in [0, 0.1) is 0 Å². The molecule has 2 aromatic carbocycles. The number of piperazine rings is 1. The molecule has 2 N–H and O–H groups in total. The molecule has 0 atom stereocenters.